The summed E-state index contributed by atoms with van der Waals surface area (Å²) in [6, 6.07) is 25.3. The van der Waals surface area contributed by atoms with Crippen LogP contribution in [0.4, 0.5) is 10.5 Å². The molecule has 0 saturated carbocycles. The Balaban J connectivity index is 1.40. The molecular formula is C29H27N3O4. The Labute approximate surface area is 209 Å². The summed E-state index contributed by atoms with van der Waals surface area (Å²) in [6.45, 7) is 4.03. The number of carbonyl (C=O) groups excluding carboxylic acids is 1. The van der Waals surface area contributed by atoms with Gasteiger partial charge in [-0.05, 0) is 60.5 Å². The third-order valence-corrected chi connectivity index (χ3v) is 6.53. The summed E-state index contributed by atoms with van der Waals surface area (Å²) in [5, 5.41) is 3.09. The molecule has 0 fully saturated rings. The van der Waals surface area contributed by atoms with Crippen molar-refractivity contribution in [2.75, 3.05) is 25.1 Å². The third kappa shape index (κ3) is 4.02. The van der Waals surface area contributed by atoms with Crippen LogP contribution in [0.1, 0.15) is 29.8 Å². The molecule has 36 heavy (non-hydrogen) atoms. The van der Waals surface area contributed by atoms with E-state index >= 15 is 0 Å². The minimum atomic E-state index is -0.305. The first-order chi connectivity index (χ1) is 17.7. The first kappa shape index (κ1) is 22.1. The number of nitrogens with zero attached hydrogens (tertiary/aromatic N) is 2. The van der Waals surface area contributed by atoms with Gasteiger partial charge >= 0.3 is 6.03 Å². The summed E-state index contributed by atoms with van der Waals surface area (Å²) in [4.78, 5) is 15.8. The summed E-state index contributed by atoms with van der Waals surface area (Å²) >= 11 is 0. The molecule has 0 saturated heterocycles. The number of hydrogen-bond donors (Lipinski definition) is 1. The van der Waals surface area contributed by atoms with Gasteiger partial charge in [0.25, 0.3) is 0 Å². The summed E-state index contributed by atoms with van der Waals surface area (Å²) in [5.41, 5.74) is 4.82. The van der Waals surface area contributed by atoms with Gasteiger partial charge in [-0.25, -0.2) is 4.79 Å². The van der Waals surface area contributed by atoms with Crippen LogP contribution < -0.4 is 19.5 Å². The molecule has 1 unspecified atom stereocenters. The van der Waals surface area contributed by atoms with Gasteiger partial charge in [0.05, 0.1) is 24.9 Å². The Morgan fingerprint density at radius 3 is 2.61 bits per heavy atom. The number of benzene rings is 3. The molecule has 1 aromatic heterocycles. The van der Waals surface area contributed by atoms with Gasteiger partial charge in [0.2, 0.25) is 0 Å². The Morgan fingerprint density at radius 1 is 0.972 bits per heavy atom. The van der Waals surface area contributed by atoms with E-state index in [4.69, 9.17) is 14.2 Å². The van der Waals surface area contributed by atoms with Crippen LogP contribution in [0.3, 0.4) is 0 Å². The molecular weight excluding hydrogens is 454 g/mol. The van der Waals surface area contributed by atoms with Gasteiger partial charge in [-0.1, -0.05) is 30.3 Å². The van der Waals surface area contributed by atoms with Gasteiger partial charge in [-0.2, -0.15) is 0 Å². The lowest BCUT2D eigenvalue weighted by molar-refractivity contribution is 0.171. The molecule has 2 aliphatic rings. The fraction of sp³-hybridized carbons (Fsp3) is 0.207. The zero-order valence-corrected chi connectivity index (χ0v) is 20.0. The molecule has 4 aromatic rings. The van der Waals surface area contributed by atoms with Crippen LogP contribution in [0.25, 0.3) is 5.69 Å². The summed E-state index contributed by atoms with van der Waals surface area (Å²) in [7, 11) is 0. The molecule has 6 rings (SSSR count). The maximum atomic E-state index is 13.9. The van der Waals surface area contributed by atoms with E-state index in [0.29, 0.717) is 43.6 Å². The molecule has 1 N–H and O–H groups in total. The summed E-state index contributed by atoms with van der Waals surface area (Å²) in [6.07, 6.45) is 2.05. The molecule has 3 heterocycles. The lowest BCUT2D eigenvalue weighted by atomic mass is 10.0. The maximum Gasteiger partial charge on any atom is 0.322 e. The molecule has 0 bridgehead atoms. The number of ether oxygens (including phenoxy) is 3. The van der Waals surface area contributed by atoms with Crippen molar-refractivity contribution < 1.29 is 19.0 Å². The quantitative estimate of drug-likeness (QED) is 0.401. The third-order valence-electron chi connectivity index (χ3n) is 6.53. The first-order valence-electron chi connectivity index (χ1n) is 12.2. The van der Waals surface area contributed by atoms with Crippen LogP contribution in [0.15, 0.2) is 85.1 Å². The zero-order chi connectivity index (χ0) is 24.5. The lowest BCUT2D eigenvalue weighted by Crippen LogP contribution is -2.38. The SMILES string of the molecule is CCOc1ccc(C2c3cccn3-c3ccccc3CN2C(=O)Nc2ccc3c(c2)OCCO3)cc1. The van der Waals surface area contributed by atoms with Crippen molar-refractivity contribution in [2.24, 2.45) is 0 Å². The Bertz CT molecular complexity index is 1400. The topological polar surface area (TPSA) is 65.0 Å². The van der Waals surface area contributed by atoms with Crippen molar-refractivity contribution in [2.45, 2.75) is 19.5 Å². The minimum Gasteiger partial charge on any atom is -0.494 e. The Kier molecular flexibility index (Phi) is 5.73. The molecule has 0 aliphatic carbocycles. The van der Waals surface area contributed by atoms with E-state index < -0.39 is 0 Å². The van der Waals surface area contributed by atoms with Crippen molar-refractivity contribution in [1.29, 1.82) is 0 Å². The monoisotopic (exact) mass is 481 g/mol. The number of amides is 2. The number of nitrogens with one attached hydrogen (secondary N) is 1. The van der Waals surface area contributed by atoms with Crippen LogP contribution in [0.5, 0.6) is 17.2 Å². The highest BCUT2D eigenvalue weighted by Gasteiger charge is 2.33. The van der Waals surface area contributed by atoms with Crippen molar-refractivity contribution in [3.8, 4) is 22.9 Å². The van der Waals surface area contributed by atoms with Crippen molar-refractivity contribution in [3.63, 3.8) is 0 Å². The number of urea groups is 1. The number of aromatic nitrogens is 1. The number of anilines is 1. The van der Waals surface area contributed by atoms with Gasteiger partial charge in [0, 0.05) is 23.6 Å². The van der Waals surface area contributed by atoms with E-state index in [1.807, 2.05) is 72.5 Å². The van der Waals surface area contributed by atoms with Gasteiger partial charge < -0.3 is 29.0 Å². The number of fused-ring (bicyclic) bond motifs is 4. The number of rotatable bonds is 4. The average Bonchev–Trinajstić information content (AvgIpc) is 3.34. The van der Waals surface area contributed by atoms with Gasteiger partial charge in [0.1, 0.15) is 19.0 Å². The van der Waals surface area contributed by atoms with Gasteiger partial charge in [-0.3, -0.25) is 0 Å². The maximum absolute atomic E-state index is 13.9. The second kappa shape index (κ2) is 9.34. The fourth-order valence-corrected chi connectivity index (χ4v) is 4.92. The number of hydrogen-bond acceptors (Lipinski definition) is 4. The predicted molar refractivity (Wildman–Crippen MR) is 137 cm³/mol. The van der Waals surface area contributed by atoms with Crippen LogP contribution in [0.2, 0.25) is 0 Å². The van der Waals surface area contributed by atoms with E-state index in [1.165, 1.54) is 0 Å². The second-order valence-corrected chi connectivity index (χ2v) is 8.75. The molecule has 0 radical (unpaired) electrons. The highest BCUT2D eigenvalue weighted by molar-refractivity contribution is 5.90. The Hall–Kier alpha value is -4.39. The Morgan fingerprint density at radius 2 is 1.78 bits per heavy atom. The molecule has 182 valence electrons. The standard InChI is InChI=1S/C29H27N3O4/c1-2-34-23-12-9-20(10-13-23)28-25-8-5-15-31(25)24-7-4-3-6-21(24)19-32(28)29(33)30-22-11-14-26-27(18-22)36-17-16-35-26/h3-15,18,28H,2,16-17,19H2,1H3,(H,30,33). The van der Waals surface area contributed by atoms with E-state index in [2.05, 4.69) is 34.3 Å². The van der Waals surface area contributed by atoms with E-state index in [0.717, 1.165) is 28.3 Å². The smallest absolute Gasteiger partial charge is 0.322 e. The van der Waals surface area contributed by atoms with Crippen molar-refractivity contribution in [1.82, 2.24) is 9.47 Å². The first-order valence-corrected chi connectivity index (χ1v) is 12.2. The van der Waals surface area contributed by atoms with Crippen LogP contribution >= 0.6 is 0 Å². The molecule has 7 heteroatoms. The molecule has 1 atom stereocenters. The van der Waals surface area contributed by atoms with E-state index in [1.54, 1.807) is 0 Å². The molecule has 7 nitrogen and oxygen atoms in total. The minimum absolute atomic E-state index is 0.199. The average molecular weight is 482 g/mol. The second-order valence-electron chi connectivity index (χ2n) is 8.75. The van der Waals surface area contributed by atoms with E-state index in [9.17, 15) is 4.79 Å². The predicted octanol–water partition coefficient (Wildman–Crippen LogP) is 5.78. The largest absolute Gasteiger partial charge is 0.494 e. The van der Waals surface area contributed by atoms with Crippen LogP contribution in [0, 0.1) is 0 Å². The lowest BCUT2D eigenvalue weighted by Gasteiger charge is -2.31. The summed E-state index contributed by atoms with van der Waals surface area (Å²) < 4.78 is 19.2. The van der Waals surface area contributed by atoms with Crippen molar-refractivity contribution in [3.05, 3.63) is 102 Å². The molecule has 2 aliphatic heterocycles. The molecule has 0 spiro atoms. The number of para-hydroxylation sites is 1. The molecule has 2 amide bonds. The number of carbonyl (C=O) groups is 1. The highest BCUT2D eigenvalue weighted by Crippen LogP contribution is 2.38. The van der Waals surface area contributed by atoms with Crippen molar-refractivity contribution >= 4 is 11.7 Å². The van der Waals surface area contributed by atoms with Crippen LogP contribution in [-0.2, 0) is 6.54 Å². The fourth-order valence-electron chi connectivity index (χ4n) is 4.92. The van der Waals surface area contributed by atoms with Crippen LogP contribution in [-0.4, -0.2) is 35.3 Å². The molecule has 3 aromatic carbocycles. The normalized spacial score (nSPS) is 15.9. The van der Waals surface area contributed by atoms with Gasteiger partial charge in [-0.15, -0.1) is 0 Å². The summed E-state index contributed by atoms with van der Waals surface area (Å²) in [5.74, 6) is 2.13. The van der Waals surface area contributed by atoms with Gasteiger partial charge in [0.15, 0.2) is 11.5 Å². The highest BCUT2D eigenvalue weighted by atomic mass is 16.6. The van der Waals surface area contributed by atoms with E-state index in [-0.39, 0.29) is 12.1 Å². The zero-order valence-electron chi connectivity index (χ0n) is 20.0.